The van der Waals surface area contributed by atoms with Crippen LogP contribution in [-0.2, 0) is 6.54 Å². The van der Waals surface area contributed by atoms with Crippen LogP contribution in [-0.4, -0.2) is 33.0 Å². The summed E-state index contributed by atoms with van der Waals surface area (Å²) in [6.45, 7) is 0.497. The molecule has 0 saturated heterocycles. The van der Waals surface area contributed by atoms with E-state index in [-0.39, 0.29) is 11.5 Å². The predicted octanol–water partition coefficient (Wildman–Crippen LogP) is 4.09. The number of aromatic hydroxyl groups is 1. The maximum absolute atomic E-state index is 12.3. The lowest BCUT2D eigenvalue weighted by molar-refractivity contribution is 0.104. The lowest BCUT2D eigenvalue weighted by Gasteiger charge is -2.10. The largest absolute Gasteiger partial charge is 0.508 e. The van der Waals surface area contributed by atoms with Crippen molar-refractivity contribution >= 4 is 22.9 Å². The van der Waals surface area contributed by atoms with E-state index in [1.54, 1.807) is 25.3 Å². The number of phenols is 1. The smallest absolute Gasteiger partial charge is 0.185 e. The zero-order valence-electron chi connectivity index (χ0n) is 15.8. The van der Waals surface area contributed by atoms with Crippen LogP contribution in [0.25, 0.3) is 17.1 Å². The van der Waals surface area contributed by atoms with Gasteiger partial charge in [-0.1, -0.05) is 29.5 Å². The number of carbonyl (C=O) groups is 1. The van der Waals surface area contributed by atoms with E-state index in [0.717, 1.165) is 27.9 Å². The molecule has 4 aromatic rings. The first kappa shape index (κ1) is 18.4. The molecule has 29 heavy (non-hydrogen) atoms. The van der Waals surface area contributed by atoms with Gasteiger partial charge >= 0.3 is 0 Å². The number of benzene rings is 3. The molecule has 0 fully saturated rings. The summed E-state index contributed by atoms with van der Waals surface area (Å²) in [7, 11) is 1.63. The third-order valence-corrected chi connectivity index (χ3v) is 4.62. The number of phenolic OH excluding ortho intramolecular Hbond substituents is 1. The Morgan fingerprint density at radius 1 is 1.10 bits per heavy atom. The first-order valence-electron chi connectivity index (χ1n) is 9.10. The van der Waals surface area contributed by atoms with Crippen LogP contribution in [0.5, 0.6) is 11.5 Å². The maximum Gasteiger partial charge on any atom is 0.185 e. The number of methoxy groups -OCH3 is 1. The fourth-order valence-electron chi connectivity index (χ4n) is 3.12. The summed E-state index contributed by atoms with van der Waals surface area (Å²) in [5.74, 6) is 0.738. The van der Waals surface area contributed by atoms with Gasteiger partial charge in [0.2, 0.25) is 0 Å². The van der Waals surface area contributed by atoms with Crippen molar-refractivity contribution < 1.29 is 14.6 Å². The van der Waals surface area contributed by atoms with Crippen molar-refractivity contribution in [1.29, 1.82) is 0 Å². The highest BCUT2D eigenvalue weighted by Gasteiger charge is 2.09. The number of hydrogen-bond donors (Lipinski definition) is 1. The van der Waals surface area contributed by atoms with E-state index >= 15 is 0 Å². The lowest BCUT2D eigenvalue weighted by Crippen LogP contribution is -2.04. The standard InChI is InChI=1S/C23H19N3O3/c1-29-23-13-7-16(6-12-22(28)17-8-10-19(27)11-9-17)14-18(23)15-26-21-5-3-2-4-20(21)24-25-26/h2-14,27H,15H2,1H3/b12-6-. The van der Waals surface area contributed by atoms with E-state index < -0.39 is 0 Å². The normalized spacial score (nSPS) is 11.2. The number of fused-ring (bicyclic) bond motifs is 1. The zero-order chi connectivity index (χ0) is 20.2. The summed E-state index contributed by atoms with van der Waals surface area (Å²) >= 11 is 0. The van der Waals surface area contributed by atoms with Crippen LogP contribution in [0.2, 0.25) is 0 Å². The van der Waals surface area contributed by atoms with E-state index in [4.69, 9.17) is 4.74 Å². The molecule has 0 bridgehead atoms. The molecule has 0 unspecified atom stereocenters. The molecule has 0 saturated carbocycles. The molecule has 0 aliphatic rings. The minimum atomic E-state index is -0.135. The zero-order valence-corrected chi connectivity index (χ0v) is 15.8. The van der Waals surface area contributed by atoms with Crippen molar-refractivity contribution in [3.63, 3.8) is 0 Å². The molecular formula is C23H19N3O3. The Morgan fingerprint density at radius 2 is 1.90 bits per heavy atom. The second-order valence-electron chi connectivity index (χ2n) is 6.55. The average Bonchev–Trinajstić information content (AvgIpc) is 3.15. The summed E-state index contributed by atoms with van der Waals surface area (Å²) in [6.07, 6.45) is 3.28. The lowest BCUT2D eigenvalue weighted by atomic mass is 10.1. The van der Waals surface area contributed by atoms with Gasteiger partial charge in [0.1, 0.15) is 17.0 Å². The molecule has 0 aliphatic heterocycles. The van der Waals surface area contributed by atoms with Gasteiger partial charge in [0.25, 0.3) is 0 Å². The number of hydrogen-bond acceptors (Lipinski definition) is 5. The summed E-state index contributed by atoms with van der Waals surface area (Å²) in [5.41, 5.74) is 4.10. The molecule has 6 heteroatoms. The molecule has 0 radical (unpaired) electrons. The Labute approximate surface area is 167 Å². The third kappa shape index (κ3) is 4.01. The number of carbonyl (C=O) groups excluding carboxylic acids is 1. The summed E-state index contributed by atoms with van der Waals surface area (Å²) in [5, 5.41) is 17.8. The number of ketones is 1. The van der Waals surface area contributed by atoms with E-state index in [0.29, 0.717) is 12.1 Å². The molecule has 1 heterocycles. The molecule has 0 aliphatic carbocycles. The van der Waals surface area contributed by atoms with Crippen LogP contribution in [0, 0.1) is 0 Å². The Hall–Kier alpha value is -3.93. The first-order chi connectivity index (χ1) is 14.1. The molecule has 4 rings (SSSR count). The summed E-state index contributed by atoms with van der Waals surface area (Å²) in [4.78, 5) is 12.3. The van der Waals surface area contributed by atoms with E-state index in [9.17, 15) is 9.90 Å². The van der Waals surface area contributed by atoms with Crippen molar-refractivity contribution in [2.75, 3.05) is 7.11 Å². The molecule has 0 atom stereocenters. The molecule has 0 amide bonds. The quantitative estimate of drug-likeness (QED) is 0.400. The third-order valence-electron chi connectivity index (χ3n) is 4.62. The fraction of sp³-hybridized carbons (Fsp3) is 0.0870. The monoisotopic (exact) mass is 385 g/mol. The van der Waals surface area contributed by atoms with Gasteiger partial charge in [-0.3, -0.25) is 4.79 Å². The average molecular weight is 385 g/mol. The Balaban J connectivity index is 1.59. The van der Waals surface area contributed by atoms with Gasteiger partial charge < -0.3 is 9.84 Å². The van der Waals surface area contributed by atoms with Crippen LogP contribution in [0.1, 0.15) is 21.5 Å². The summed E-state index contributed by atoms with van der Waals surface area (Å²) in [6, 6.07) is 19.7. The van der Waals surface area contributed by atoms with Crippen molar-refractivity contribution in [1.82, 2.24) is 15.0 Å². The highest BCUT2D eigenvalue weighted by molar-refractivity contribution is 6.06. The second kappa shape index (κ2) is 7.98. The van der Waals surface area contributed by atoms with Crippen LogP contribution < -0.4 is 4.74 Å². The molecule has 3 aromatic carbocycles. The van der Waals surface area contributed by atoms with Gasteiger partial charge in [0.15, 0.2) is 5.78 Å². The Morgan fingerprint density at radius 3 is 2.69 bits per heavy atom. The van der Waals surface area contributed by atoms with Gasteiger partial charge in [-0.05, 0) is 60.2 Å². The number of aromatic nitrogens is 3. The predicted molar refractivity (Wildman–Crippen MR) is 111 cm³/mol. The number of rotatable bonds is 6. The van der Waals surface area contributed by atoms with Crippen LogP contribution in [0.4, 0.5) is 0 Å². The van der Waals surface area contributed by atoms with E-state index in [1.165, 1.54) is 18.2 Å². The molecular weight excluding hydrogens is 366 g/mol. The van der Waals surface area contributed by atoms with Gasteiger partial charge in [0, 0.05) is 11.1 Å². The SMILES string of the molecule is COc1ccc(/C=C\C(=O)c2ccc(O)cc2)cc1Cn1nnc2ccccc21. The Bertz CT molecular complexity index is 1190. The van der Waals surface area contributed by atoms with Gasteiger partial charge in [-0.2, -0.15) is 0 Å². The minimum Gasteiger partial charge on any atom is -0.508 e. The fourth-order valence-corrected chi connectivity index (χ4v) is 3.12. The number of nitrogens with zero attached hydrogens (tertiary/aromatic N) is 3. The number of ether oxygens (including phenoxy) is 1. The maximum atomic E-state index is 12.3. The summed E-state index contributed by atoms with van der Waals surface area (Å²) < 4.78 is 7.31. The highest BCUT2D eigenvalue weighted by atomic mass is 16.5. The van der Waals surface area contributed by atoms with E-state index in [2.05, 4.69) is 10.3 Å². The van der Waals surface area contributed by atoms with E-state index in [1.807, 2.05) is 47.1 Å². The van der Waals surface area contributed by atoms with Crippen molar-refractivity contribution in [2.45, 2.75) is 6.54 Å². The van der Waals surface area contributed by atoms with Crippen molar-refractivity contribution in [2.24, 2.45) is 0 Å². The minimum absolute atomic E-state index is 0.131. The van der Waals surface area contributed by atoms with Crippen LogP contribution >= 0.6 is 0 Å². The van der Waals surface area contributed by atoms with Gasteiger partial charge in [-0.15, -0.1) is 5.10 Å². The molecule has 1 aromatic heterocycles. The number of allylic oxidation sites excluding steroid dienone is 1. The molecule has 144 valence electrons. The van der Waals surface area contributed by atoms with Crippen molar-refractivity contribution in [3.05, 3.63) is 89.5 Å². The van der Waals surface area contributed by atoms with Gasteiger partial charge in [-0.25, -0.2) is 4.68 Å². The van der Waals surface area contributed by atoms with Gasteiger partial charge in [0.05, 0.1) is 19.2 Å². The Kier molecular flexibility index (Phi) is 5.07. The number of para-hydroxylation sites is 1. The first-order valence-corrected chi connectivity index (χ1v) is 9.10. The van der Waals surface area contributed by atoms with Crippen LogP contribution in [0.3, 0.4) is 0 Å². The highest BCUT2D eigenvalue weighted by Crippen LogP contribution is 2.23. The topological polar surface area (TPSA) is 77.2 Å². The molecule has 6 nitrogen and oxygen atoms in total. The van der Waals surface area contributed by atoms with Crippen LogP contribution in [0.15, 0.2) is 72.8 Å². The molecule has 1 N–H and O–H groups in total. The molecule has 0 spiro atoms. The van der Waals surface area contributed by atoms with Crippen molar-refractivity contribution in [3.8, 4) is 11.5 Å². The second-order valence-corrected chi connectivity index (χ2v) is 6.55.